The Hall–Kier alpha value is -1.87. The number of carbonyl (C=O) groups is 1. The highest BCUT2D eigenvalue weighted by molar-refractivity contribution is 6.32. The molecule has 0 atom stereocenters. The predicted molar refractivity (Wildman–Crippen MR) is 64.8 cm³/mol. The highest BCUT2D eigenvalue weighted by Gasteiger charge is 1.99. The lowest BCUT2D eigenvalue weighted by Crippen LogP contribution is -2.02. The van der Waals surface area contributed by atoms with Crippen LogP contribution in [0.5, 0.6) is 0 Å². The van der Waals surface area contributed by atoms with Crippen LogP contribution in [-0.4, -0.2) is 6.29 Å². The number of halogens is 1. The fourth-order valence-electron chi connectivity index (χ4n) is 1.33. The number of rotatable bonds is 3. The Morgan fingerprint density at radius 2 is 2.06 bits per heavy atom. The van der Waals surface area contributed by atoms with Gasteiger partial charge in [0.1, 0.15) is 6.26 Å². The molecule has 2 aromatic rings. The quantitative estimate of drug-likeness (QED) is 0.783. The van der Waals surface area contributed by atoms with Crippen LogP contribution in [0.25, 0.3) is 0 Å². The van der Waals surface area contributed by atoms with Gasteiger partial charge in [-0.15, -0.1) is 0 Å². The predicted octanol–water partition coefficient (Wildman–Crippen LogP) is 2.85. The maximum Gasteiger partial charge on any atom is 0.215 e. The Kier molecular flexibility index (Phi) is 3.73. The van der Waals surface area contributed by atoms with Gasteiger partial charge in [-0.1, -0.05) is 41.9 Å². The summed E-state index contributed by atoms with van der Waals surface area (Å²) >= 11 is 5.86. The van der Waals surface area contributed by atoms with E-state index in [0.29, 0.717) is 29.0 Å². The molecule has 0 unspecified atom stereocenters. The second-order valence-electron chi connectivity index (χ2n) is 3.44. The highest BCUT2D eigenvalue weighted by atomic mass is 35.5. The van der Waals surface area contributed by atoms with Crippen molar-refractivity contribution < 1.29 is 9.21 Å². The van der Waals surface area contributed by atoms with E-state index in [4.69, 9.17) is 16.0 Å². The van der Waals surface area contributed by atoms with E-state index in [-0.39, 0.29) is 0 Å². The number of aldehydes is 1. The first-order valence-electron chi connectivity index (χ1n) is 5.07. The van der Waals surface area contributed by atoms with Crippen molar-refractivity contribution in [1.82, 2.24) is 0 Å². The van der Waals surface area contributed by atoms with E-state index in [0.717, 1.165) is 5.56 Å². The minimum Gasteiger partial charge on any atom is -0.446 e. The number of hydrogen-bond acceptors (Lipinski definition) is 3. The van der Waals surface area contributed by atoms with Crippen LogP contribution in [-0.2, 0) is 6.54 Å². The van der Waals surface area contributed by atoms with Gasteiger partial charge in [0.2, 0.25) is 5.55 Å². The largest absolute Gasteiger partial charge is 0.446 e. The highest BCUT2D eigenvalue weighted by Crippen LogP contribution is 2.09. The van der Waals surface area contributed by atoms with E-state index in [1.807, 2.05) is 30.3 Å². The normalized spacial score (nSPS) is 11.5. The summed E-state index contributed by atoms with van der Waals surface area (Å²) in [7, 11) is 0. The summed E-state index contributed by atoms with van der Waals surface area (Å²) in [6.45, 7) is 0.515. The molecule has 0 spiro atoms. The molecule has 86 valence electrons. The van der Waals surface area contributed by atoms with Gasteiger partial charge in [0.05, 0.1) is 17.1 Å². The maximum absolute atomic E-state index is 10.5. The molecule has 0 fully saturated rings. The Labute approximate surface area is 103 Å². The molecule has 1 aromatic heterocycles. The third-order valence-corrected chi connectivity index (χ3v) is 2.55. The van der Waals surface area contributed by atoms with Gasteiger partial charge >= 0.3 is 0 Å². The van der Waals surface area contributed by atoms with E-state index in [1.165, 1.54) is 12.3 Å². The lowest BCUT2D eigenvalue weighted by molar-refractivity contribution is 0.112. The fourth-order valence-corrected chi connectivity index (χ4v) is 1.51. The van der Waals surface area contributed by atoms with Crippen molar-refractivity contribution in [3.63, 3.8) is 0 Å². The van der Waals surface area contributed by atoms with Crippen LogP contribution in [0.4, 0.5) is 0 Å². The molecule has 0 amide bonds. The molecule has 1 aromatic carbocycles. The smallest absolute Gasteiger partial charge is 0.215 e. The first kappa shape index (κ1) is 11.6. The van der Waals surface area contributed by atoms with Gasteiger partial charge in [-0.25, -0.2) is 4.99 Å². The van der Waals surface area contributed by atoms with Gasteiger partial charge in [-0.05, 0) is 5.56 Å². The molecule has 0 aliphatic rings. The Morgan fingerprint density at radius 1 is 1.29 bits per heavy atom. The van der Waals surface area contributed by atoms with Gasteiger partial charge in [0.25, 0.3) is 0 Å². The van der Waals surface area contributed by atoms with Crippen LogP contribution in [0, 0.1) is 0 Å². The molecule has 1 heterocycles. The average molecular weight is 248 g/mol. The lowest BCUT2D eigenvalue weighted by Gasteiger charge is -1.96. The molecular weight excluding hydrogens is 238 g/mol. The van der Waals surface area contributed by atoms with Crippen molar-refractivity contribution in [2.45, 2.75) is 6.54 Å². The zero-order valence-corrected chi connectivity index (χ0v) is 9.72. The van der Waals surface area contributed by atoms with E-state index in [9.17, 15) is 4.79 Å². The average Bonchev–Trinajstić information content (AvgIpc) is 2.38. The Bertz CT molecular complexity index is 575. The van der Waals surface area contributed by atoms with E-state index in [2.05, 4.69) is 4.99 Å². The summed E-state index contributed by atoms with van der Waals surface area (Å²) < 4.78 is 5.17. The monoisotopic (exact) mass is 247 g/mol. The summed E-state index contributed by atoms with van der Waals surface area (Å²) in [6, 6.07) is 11.3. The summed E-state index contributed by atoms with van der Waals surface area (Å²) in [4.78, 5) is 14.8. The van der Waals surface area contributed by atoms with E-state index in [1.54, 1.807) is 0 Å². The number of nitrogens with zero attached hydrogens (tertiary/aromatic N) is 1. The molecule has 0 N–H and O–H groups in total. The molecule has 0 aliphatic carbocycles. The van der Waals surface area contributed by atoms with Crippen LogP contribution >= 0.6 is 11.6 Å². The van der Waals surface area contributed by atoms with Gasteiger partial charge in [-0.2, -0.15) is 0 Å². The molecule has 17 heavy (non-hydrogen) atoms. The Balaban J connectivity index is 2.23. The molecule has 0 radical (unpaired) electrons. The molecule has 0 aliphatic heterocycles. The van der Waals surface area contributed by atoms with Crippen LogP contribution in [0.15, 0.2) is 52.1 Å². The molecular formula is C13H10ClNO2. The van der Waals surface area contributed by atoms with E-state index < -0.39 is 0 Å². The van der Waals surface area contributed by atoms with Crippen molar-refractivity contribution in [3.05, 3.63) is 64.4 Å². The van der Waals surface area contributed by atoms with Crippen LogP contribution < -0.4 is 5.55 Å². The summed E-state index contributed by atoms with van der Waals surface area (Å²) in [5, 5.41) is 0.345. The van der Waals surface area contributed by atoms with Gasteiger partial charge in [0, 0.05) is 6.07 Å². The minimum atomic E-state index is 0.324. The summed E-state index contributed by atoms with van der Waals surface area (Å²) in [6.07, 6.45) is 1.95. The molecule has 0 saturated heterocycles. The van der Waals surface area contributed by atoms with Crippen molar-refractivity contribution >= 4 is 17.9 Å². The molecule has 0 saturated carbocycles. The maximum atomic E-state index is 10.5. The third kappa shape index (κ3) is 3.04. The minimum absolute atomic E-state index is 0.324. The van der Waals surface area contributed by atoms with Crippen molar-refractivity contribution in [1.29, 1.82) is 0 Å². The molecule has 4 heteroatoms. The SMILES string of the molecule is O=Cc1coc(=NCc2ccccc2)cc1Cl. The lowest BCUT2D eigenvalue weighted by atomic mass is 10.2. The second-order valence-corrected chi connectivity index (χ2v) is 3.85. The van der Waals surface area contributed by atoms with Crippen molar-refractivity contribution in [2.24, 2.45) is 4.99 Å². The van der Waals surface area contributed by atoms with Gasteiger partial charge in [0.15, 0.2) is 6.29 Å². The first-order valence-corrected chi connectivity index (χ1v) is 5.45. The zero-order valence-electron chi connectivity index (χ0n) is 8.97. The fraction of sp³-hybridized carbons (Fsp3) is 0.0769. The first-order chi connectivity index (χ1) is 8.29. The van der Waals surface area contributed by atoms with Gasteiger partial charge < -0.3 is 4.42 Å². The van der Waals surface area contributed by atoms with E-state index >= 15 is 0 Å². The number of hydrogen-bond donors (Lipinski definition) is 0. The van der Waals surface area contributed by atoms with Crippen LogP contribution in [0.1, 0.15) is 15.9 Å². The number of benzene rings is 1. The Morgan fingerprint density at radius 3 is 2.71 bits per heavy atom. The van der Waals surface area contributed by atoms with Crippen molar-refractivity contribution in [2.75, 3.05) is 0 Å². The zero-order chi connectivity index (χ0) is 12.1. The van der Waals surface area contributed by atoms with Gasteiger partial charge in [-0.3, -0.25) is 4.79 Å². The third-order valence-electron chi connectivity index (χ3n) is 2.22. The van der Waals surface area contributed by atoms with Crippen molar-refractivity contribution in [3.8, 4) is 0 Å². The molecule has 3 nitrogen and oxygen atoms in total. The summed E-state index contributed by atoms with van der Waals surface area (Å²) in [5.74, 6) is 0. The van der Waals surface area contributed by atoms with Crippen LogP contribution in [0.2, 0.25) is 5.02 Å². The molecule has 0 bridgehead atoms. The molecule has 2 rings (SSSR count). The standard InChI is InChI=1S/C13H10ClNO2/c14-12-6-13(17-9-11(12)8-16)15-7-10-4-2-1-3-5-10/h1-6,8-9H,7H2. The topological polar surface area (TPSA) is 42.6 Å². The second kappa shape index (κ2) is 5.46. The summed E-state index contributed by atoms with van der Waals surface area (Å²) in [5.41, 5.74) is 1.81. The van der Waals surface area contributed by atoms with Crippen LogP contribution in [0.3, 0.4) is 0 Å². The number of carbonyl (C=O) groups excluding carboxylic acids is 1.